The van der Waals surface area contributed by atoms with Gasteiger partial charge in [-0.05, 0) is 54.5 Å². The molecule has 6 rings (SSSR count). The SMILES string of the molecule is [2H]CC([2H])([2H])c1cc2c(cc1N1C([2H])([2H])C([2H])([2H])C([2H])(N3C([2H])([2H])C([2H])([2H])OC([2H])([2H])C3([2H])[2H])C([2H])([2H])C1([2H])[2H])C(C[2H])(C[2H])c1[nH]c3cc(C#N)ccc3c1C2=O. The largest absolute Gasteiger partial charge is 0.379 e. The number of nitrogens with one attached hydrogen (secondary N) is 1. The lowest BCUT2D eigenvalue weighted by molar-refractivity contribution is 0.0115. The average Bonchev–Trinajstić information content (AvgIpc) is 3.49. The number of piperidine rings is 1. The number of carbonyl (C=O) groups excluding carboxylic acids is 1. The van der Waals surface area contributed by atoms with Crippen molar-refractivity contribution < 1.29 is 39.7 Å². The number of rotatable bonds is 3. The van der Waals surface area contributed by atoms with E-state index in [1.54, 1.807) is 0 Å². The van der Waals surface area contributed by atoms with E-state index in [0.29, 0.717) is 0 Å². The molecule has 0 amide bonds. The Labute approximate surface area is 243 Å². The van der Waals surface area contributed by atoms with Gasteiger partial charge in [0.15, 0.2) is 5.78 Å². The number of hydrogen-bond acceptors (Lipinski definition) is 5. The van der Waals surface area contributed by atoms with E-state index >= 15 is 0 Å². The molecule has 6 nitrogen and oxygen atoms in total. The number of benzene rings is 2. The van der Waals surface area contributed by atoms with Crippen LogP contribution in [0.5, 0.6) is 0 Å². The van der Waals surface area contributed by atoms with Gasteiger partial charge in [-0.2, -0.15) is 5.26 Å². The molecule has 2 aliphatic heterocycles. The minimum Gasteiger partial charge on any atom is -0.379 e. The van der Waals surface area contributed by atoms with Gasteiger partial charge in [0.2, 0.25) is 0 Å². The van der Waals surface area contributed by atoms with Gasteiger partial charge in [-0.1, -0.05) is 26.8 Å². The maximum atomic E-state index is 14.4. The number of ether oxygens (including phenoxy) is 1. The van der Waals surface area contributed by atoms with Crippen LogP contribution in [0.1, 0.15) is 102 Å². The molecule has 1 N–H and O–H groups in total. The second-order valence-electron chi connectivity index (χ2n) is 8.27. The van der Waals surface area contributed by atoms with Gasteiger partial charge in [-0.15, -0.1) is 0 Å². The van der Waals surface area contributed by atoms with E-state index in [4.69, 9.17) is 23.3 Å². The molecule has 2 aromatic carbocycles. The van der Waals surface area contributed by atoms with Gasteiger partial charge in [0, 0.05) is 89.9 Å². The third-order valence-electron chi connectivity index (χ3n) is 6.17. The van der Waals surface area contributed by atoms with Crippen LogP contribution >= 0.6 is 0 Å². The Morgan fingerprint density at radius 2 is 2.06 bits per heavy atom. The second-order valence-corrected chi connectivity index (χ2v) is 8.27. The highest BCUT2D eigenvalue weighted by Crippen LogP contribution is 2.46. The van der Waals surface area contributed by atoms with Crippen molar-refractivity contribution in [3.63, 3.8) is 0 Å². The molecule has 1 aliphatic carbocycles. The minimum atomic E-state index is -4.62. The molecule has 3 aromatic rings. The van der Waals surface area contributed by atoms with Gasteiger partial charge in [0.25, 0.3) is 0 Å². The predicted molar refractivity (Wildman–Crippen MR) is 142 cm³/mol. The van der Waals surface area contributed by atoms with Crippen LogP contribution in [0.25, 0.3) is 10.9 Å². The van der Waals surface area contributed by atoms with E-state index in [-0.39, 0.29) is 38.2 Å². The monoisotopic (exact) mass is 504 g/mol. The zero-order chi connectivity index (χ0) is 44.2. The number of nitriles is 1. The summed E-state index contributed by atoms with van der Waals surface area (Å²) >= 11 is 0. The van der Waals surface area contributed by atoms with E-state index in [2.05, 4.69) is 9.72 Å². The highest BCUT2D eigenvalue weighted by Gasteiger charge is 2.40. The summed E-state index contributed by atoms with van der Waals surface area (Å²) in [6.07, 6.45) is -12.0. The number of anilines is 1. The van der Waals surface area contributed by atoms with Crippen molar-refractivity contribution in [1.82, 2.24) is 9.88 Å². The molecule has 0 bridgehead atoms. The van der Waals surface area contributed by atoms with Crippen molar-refractivity contribution in [1.29, 1.82) is 5.26 Å². The quantitative estimate of drug-likeness (QED) is 0.556. The number of aryl methyl sites for hydroxylation is 1. The Morgan fingerprint density at radius 3 is 2.78 bits per heavy atom. The van der Waals surface area contributed by atoms with Crippen molar-refractivity contribution in [2.75, 3.05) is 44.0 Å². The number of aromatic amines is 1. The Kier molecular flexibility index (Phi) is 2.26. The molecule has 2 fully saturated rings. The Morgan fingerprint density at radius 1 is 1.25 bits per heavy atom. The van der Waals surface area contributed by atoms with Crippen LogP contribution in [0, 0.1) is 11.3 Å². The van der Waals surface area contributed by atoms with Gasteiger partial charge >= 0.3 is 0 Å². The molecule has 2 saturated heterocycles. The van der Waals surface area contributed by atoms with Gasteiger partial charge in [-0.25, -0.2) is 0 Å². The molecule has 0 saturated carbocycles. The fraction of sp³-hybridized carbons (Fsp3) is 0.467. The molecule has 3 heterocycles. The topological polar surface area (TPSA) is 72.4 Å². The van der Waals surface area contributed by atoms with Crippen molar-refractivity contribution in [2.24, 2.45) is 0 Å². The highest BCUT2D eigenvalue weighted by molar-refractivity contribution is 6.20. The van der Waals surface area contributed by atoms with Gasteiger partial charge < -0.3 is 14.6 Å². The molecular formula is C30H34N4O2. The molecular weight excluding hydrogens is 448 g/mol. The summed E-state index contributed by atoms with van der Waals surface area (Å²) in [6, 6.07) is 3.12. The number of aromatic nitrogens is 1. The van der Waals surface area contributed by atoms with Crippen LogP contribution in [0.15, 0.2) is 30.3 Å². The number of nitrogens with zero attached hydrogens (tertiary/aromatic N) is 3. The van der Waals surface area contributed by atoms with Crippen LogP contribution in [0.4, 0.5) is 5.69 Å². The normalized spacial score (nSPS) is 41.6. The zero-order valence-corrected chi connectivity index (χ0v) is 18.7. The first-order chi connectivity index (χ1) is 26.1. The minimum absolute atomic E-state index is 0.0388. The Bertz CT molecular complexity index is 2220. The van der Waals surface area contributed by atoms with Crippen LogP contribution in [0.3, 0.4) is 0 Å². The van der Waals surface area contributed by atoms with E-state index < -0.39 is 118 Å². The first-order valence-electron chi connectivity index (χ1n) is 22.3. The van der Waals surface area contributed by atoms with E-state index in [1.807, 2.05) is 6.07 Å². The van der Waals surface area contributed by atoms with Crippen molar-refractivity contribution >= 4 is 22.4 Å². The van der Waals surface area contributed by atoms with Crippen LogP contribution in [-0.2, 0) is 16.5 Å². The molecule has 6 heteroatoms. The van der Waals surface area contributed by atoms with Gasteiger partial charge in [0.1, 0.15) is 0 Å². The first kappa shape index (κ1) is 9.31. The number of carbonyl (C=O) groups is 1. The maximum absolute atomic E-state index is 14.4. The Balaban J connectivity index is 1.71. The summed E-state index contributed by atoms with van der Waals surface area (Å²) in [5.74, 6) is -0.840. The molecule has 36 heavy (non-hydrogen) atoms. The maximum Gasteiger partial charge on any atom is 0.195 e. The molecule has 0 atom stereocenters. The van der Waals surface area contributed by atoms with Crippen molar-refractivity contribution in [3.05, 3.63) is 63.8 Å². The van der Waals surface area contributed by atoms with E-state index in [9.17, 15) is 16.9 Å². The molecule has 3 aliphatic rings. The van der Waals surface area contributed by atoms with Crippen LogP contribution in [-0.4, -0.2) is 60.8 Å². The second kappa shape index (κ2) is 8.76. The number of H-pyrrole nitrogens is 1. The fourth-order valence-electron chi connectivity index (χ4n) is 4.44. The summed E-state index contributed by atoms with van der Waals surface area (Å²) in [7, 11) is 0. The van der Waals surface area contributed by atoms with Crippen LogP contribution < -0.4 is 4.90 Å². The fourth-order valence-corrected chi connectivity index (χ4v) is 4.44. The highest BCUT2D eigenvalue weighted by atomic mass is 16.5. The third-order valence-corrected chi connectivity index (χ3v) is 6.17. The van der Waals surface area contributed by atoms with Gasteiger partial charge in [-0.3, -0.25) is 9.69 Å². The summed E-state index contributed by atoms with van der Waals surface area (Å²) in [6.45, 7) is -27.8. The smallest absolute Gasteiger partial charge is 0.195 e. The third kappa shape index (κ3) is 3.56. The van der Waals surface area contributed by atoms with Crippen molar-refractivity contribution in [3.8, 4) is 6.07 Å². The predicted octanol–water partition coefficient (Wildman–Crippen LogP) is 4.77. The lowest BCUT2D eigenvalue weighted by atomic mass is 9.70. The summed E-state index contributed by atoms with van der Waals surface area (Å²) in [4.78, 5) is 16.2. The zero-order valence-electron chi connectivity index (χ0n) is 40.7. The molecule has 0 unspecified atom stereocenters. The van der Waals surface area contributed by atoms with Gasteiger partial charge in [0.05, 0.1) is 35.8 Å². The number of morpholine rings is 1. The van der Waals surface area contributed by atoms with E-state index in [0.717, 1.165) is 12.1 Å². The van der Waals surface area contributed by atoms with E-state index in [1.165, 1.54) is 18.2 Å². The molecule has 0 spiro atoms. The molecule has 186 valence electrons. The first-order valence-corrected chi connectivity index (χ1v) is 10.6. The molecule has 1 aromatic heterocycles. The number of ketones is 1. The lowest BCUT2D eigenvalue weighted by Crippen LogP contribution is -2.49. The summed E-state index contributed by atoms with van der Waals surface area (Å²) < 4.78 is 196. The number of hydrogen-bond donors (Lipinski definition) is 1. The summed E-state index contributed by atoms with van der Waals surface area (Å²) in [5, 5.41) is 9.73. The summed E-state index contributed by atoms with van der Waals surface area (Å²) in [5.41, 5.74) is -4.32. The standard InChI is InChI=1S/C30H34N4O2/c1-4-20-16-23-24(17-26(20)34-9-7-21(8-10-34)33-11-13-36-14-12-33)30(2,3)29-27(28(23)35)22-6-5-19(18-31)15-25(22)32-29/h5-6,15-17,21,32H,4,7-14H2,1-3H3/i1D,2D,3D,4D2,7D2,8D2,9D2,10D2,11D2,12D2,13D2,14D2,21D. The van der Waals surface area contributed by atoms with Crippen molar-refractivity contribution in [2.45, 2.75) is 51.3 Å². The Hall–Kier alpha value is -3.14. The number of fused-ring (bicyclic) bond motifs is 4. The van der Waals surface area contributed by atoms with Crippen LogP contribution in [0.2, 0.25) is 0 Å². The lowest BCUT2D eigenvalue weighted by Gasteiger charge is -2.42. The molecule has 0 radical (unpaired) electrons. The average molecular weight is 505 g/mol.